The molecule has 1 N–H and O–H groups in total. The smallest absolute Gasteiger partial charge is 0.0962 e. The van der Waals surface area contributed by atoms with Gasteiger partial charge in [0.15, 0.2) is 0 Å². The molecule has 0 unspecified atom stereocenters. The lowest BCUT2D eigenvalue weighted by atomic mass is 9.91. The Bertz CT molecular complexity index is 409. The quantitative estimate of drug-likeness (QED) is 0.872. The summed E-state index contributed by atoms with van der Waals surface area (Å²) in [6.07, 6.45) is 5.45. The molecule has 2 nitrogen and oxygen atoms in total. The molecule has 19 heavy (non-hydrogen) atoms. The molecule has 0 radical (unpaired) electrons. The molecule has 1 aromatic rings. The Labute approximate surface area is 122 Å². The molecule has 0 aromatic carbocycles. The third kappa shape index (κ3) is 3.79. The minimum atomic E-state index is 0.154. The average molecular weight is 280 g/mol. The van der Waals surface area contributed by atoms with Crippen molar-refractivity contribution in [1.29, 1.82) is 0 Å². The van der Waals surface area contributed by atoms with Crippen molar-refractivity contribution < 1.29 is 0 Å². The second kappa shape index (κ2) is 5.92. The predicted molar refractivity (Wildman–Crippen MR) is 84.0 cm³/mol. The van der Waals surface area contributed by atoms with E-state index in [0.717, 1.165) is 12.5 Å². The topological polar surface area (TPSA) is 24.9 Å². The molecule has 0 saturated heterocycles. The summed E-state index contributed by atoms with van der Waals surface area (Å²) in [7, 11) is 0. The highest BCUT2D eigenvalue weighted by atomic mass is 32.1. The van der Waals surface area contributed by atoms with Crippen LogP contribution in [0.1, 0.15) is 81.8 Å². The number of nitrogens with zero attached hydrogens (tertiary/aromatic N) is 1. The van der Waals surface area contributed by atoms with E-state index in [0.29, 0.717) is 6.04 Å². The summed E-state index contributed by atoms with van der Waals surface area (Å²) >= 11 is 1.95. The van der Waals surface area contributed by atoms with E-state index in [1.165, 1.54) is 41.3 Å². The molecule has 1 fully saturated rings. The van der Waals surface area contributed by atoms with Gasteiger partial charge in [0.2, 0.25) is 0 Å². The van der Waals surface area contributed by atoms with Crippen LogP contribution in [-0.4, -0.2) is 11.0 Å². The van der Waals surface area contributed by atoms with Crippen LogP contribution in [0, 0.1) is 0 Å². The molecule has 3 heteroatoms. The van der Waals surface area contributed by atoms with E-state index < -0.39 is 0 Å². The second-order valence-corrected chi connectivity index (χ2v) is 8.21. The van der Waals surface area contributed by atoms with Crippen LogP contribution in [0.4, 0.5) is 0 Å². The third-order valence-electron chi connectivity index (χ3n) is 3.80. The Balaban J connectivity index is 2.23. The van der Waals surface area contributed by atoms with Crippen LogP contribution < -0.4 is 5.32 Å². The maximum Gasteiger partial charge on any atom is 0.0962 e. The number of rotatable bonds is 4. The molecule has 1 aliphatic carbocycles. The van der Waals surface area contributed by atoms with Crippen LogP contribution in [-0.2, 0) is 12.0 Å². The van der Waals surface area contributed by atoms with Crippen LogP contribution in [0.15, 0.2) is 0 Å². The van der Waals surface area contributed by atoms with E-state index in [9.17, 15) is 0 Å². The monoisotopic (exact) mass is 280 g/mol. The average Bonchev–Trinajstić information content (AvgIpc) is 2.94. The predicted octanol–water partition coefficient (Wildman–Crippen LogP) is 4.60. The molecule has 0 aliphatic heterocycles. The first-order chi connectivity index (χ1) is 8.88. The van der Waals surface area contributed by atoms with Crippen LogP contribution in [0.2, 0.25) is 0 Å². The van der Waals surface area contributed by atoms with Gasteiger partial charge in [-0.15, -0.1) is 11.3 Å². The van der Waals surface area contributed by atoms with Crippen LogP contribution in [0.3, 0.4) is 0 Å². The molecular weight excluding hydrogens is 252 g/mol. The molecule has 0 amide bonds. The van der Waals surface area contributed by atoms with Crippen molar-refractivity contribution in [3.8, 4) is 0 Å². The Morgan fingerprint density at radius 3 is 2.42 bits per heavy atom. The number of hydrogen-bond donors (Lipinski definition) is 1. The van der Waals surface area contributed by atoms with E-state index in [4.69, 9.17) is 4.98 Å². The Morgan fingerprint density at radius 2 is 1.89 bits per heavy atom. The van der Waals surface area contributed by atoms with E-state index in [1.807, 2.05) is 11.3 Å². The zero-order valence-electron chi connectivity index (χ0n) is 13.0. The molecular formula is C16H28N2S. The molecule has 0 atom stereocenters. The van der Waals surface area contributed by atoms with E-state index in [-0.39, 0.29) is 5.41 Å². The summed E-state index contributed by atoms with van der Waals surface area (Å²) in [5.74, 6) is 0.735. The van der Waals surface area contributed by atoms with Gasteiger partial charge in [-0.2, -0.15) is 0 Å². The fraction of sp³-hybridized carbons (Fsp3) is 0.812. The number of nitrogens with one attached hydrogen (secondary N) is 1. The minimum Gasteiger partial charge on any atom is -0.310 e. The van der Waals surface area contributed by atoms with E-state index >= 15 is 0 Å². The second-order valence-electron chi connectivity index (χ2n) is 7.09. The van der Waals surface area contributed by atoms with Gasteiger partial charge >= 0.3 is 0 Å². The molecule has 1 saturated carbocycles. The molecule has 1 aromatic heterocycles. The molecule has 0 spiro atoms. The first kappa shape index (κ1) is 15.0. The van der Waals surface area contributed by atoms with Crippen molar-refractivity contribution in [2.24, 2.45) is 0 Å². The van der Waals surface area contributed by atoms with Crippen molar-refractivity contribution in [3.63, 3.8) is 0 Å². The number of hydrogen-bond acceptors (Lipinski definition) is 3. The fourth-order valence-electron chi connectivity index (χ4n) is 2.72. The highest BCUT2D eigenvalue weighted by molar-refractivity contribution is 7.11. The Morgan fingerprint density at radius 1 is 1.26 bits per heavy atom. The van der Waals surface area contributed by atoms with Crippen molar-refractivity contribution in [3.05, 3.63) is 15.6 Å². The number of thiazole rings is 1. The maximum atomic E-state index is 5.02. The van der Waals surface area contributed by atoms with Gasteiger partial charge in [0.05, 0.1) is 10.7 Å². The van der Waals surface area contributed by atoms with E-state index in [2.05, 4.69) is 39.9 Å². The van der Waals surface area contributed by atoms with Crippen molar-refractivity contribution in [2.45, 2.75) is 84.2 Å². The van der Waals surface area contributed by atoms with Gasteiger partial charge in [0.25, 0.3) is 0 Å². The minimum absolute atomic E-state index is 0.154. The molecule has 2 rings (SSSR count). The fourth-order valence-corrected chi connectivity index (χ4v) is 4.12. The van der Waals surface area contributed by atoms with Crippen molar-refractivity contribution >= 4 is 11.3 Å². The lowest BCUT2D eigenvalue weighted by Crippen LogP contribution is -2.23. The van der Waals surface area contributed by atoms with Gasteiger partial charge in [-0.05, 0) is 12.8 Å². The SMILES string of the molecule is CC(C)NCc1sc(C2CCCC2)nc1C(C)(C)C. The normalized spacial score (nSPS) is 17.6. The molecule has 1 aliphatic rings. The van der Waals surface area contributed by atoms with Crippen LogP contribution >= 0.6 is 11.3 Å². The lowest BCUT2D eigenvalue weighted by molar-refractivity contribution is 0.542. The molecule has 1 heterocycles. The van der Waals surface area contributed by atoms with E-state index in [1.54, 1.807) is 0 Å². The molecule has 0 bridgehead atoms. The first-order valence-electron chi connectivity index (χ1n) is 7.61. The third-order valence-corrected chi connectivity index (χ3v) is 5.02. The summed E-state index contributed by atoms with van der Waals surface area (Å²) < 4.78 is 0. The highest BCUT2D eigenvalue weighted by Gasteiger charge is 2.27. The lowest BCUT2D eigenvalue weighted by Gasteiger charge is -2.18. The summed E-state index contributed by atoms with van der Waals surface area (Å²) in [5, 5.41) is 4.94. The van der Waals surface area contributed by atoms with Gasteiger partial charge in [0.1, 0.15) is 0 Å². The highest BCUT2D eigenvalue weighted by Crippen LogP contribution is 2.39. The molecule has 108 valence electrons. The standard InChI is InChI=1S/C16H28N2S/c1-11(2)17-10-13-14(16(3,4)5)18-15(19-13)12-8-6-7-9-12/h11-12,17H,6-10H2,1-5H3. The van der Waals surface area contributed by atoms with Gasteiger partial charge in [-0.3, -0.25) is 0 Å². The van der Waals surface area contributed by atoms with Crippen molar-refractivity contribution in [1.82, 2.24) is 10.3 Å². The largest absolute Gasteiger partial charge is 0.310 e. The van der Waals surface area contributed by atoms with Gasteiger partial charge in [-0.25, -0.2) is 4.98 Å². The zero-order valence-corrected chi connectivity index (χ0v) is 13.9. The zero-order chi connectivity index (χ0) is 14.0. The Hall–Kier alpha value is -0.410. The summed E-state index contributed by atoms with van der Waals surface area (Å²) in [5.41, 5.74) is 1.47. The summed E-state index contributed by atoms with van der Waals surface area (Å²) in [6, 6.07) is 0.532. The van der Waals surface area contributed by atoms with Crippen LogP contribution in [0.5, 0.6) is 0 Å². The van der Waals surface area contributed by atoms with Crippen molar-refractivity contribution in [2.75, 3.05) is 0 Å². The van der Waals surface area contributed by atoms with Crippen LogP contribution in [0.25, 0.3) is 0 Å². The summed E-state index contributed by atoms with van der Waals surface area (Å²) in [4.78, 5) is 6.47. The van der Waals surface area contributed by atoms with Gasteiger partial charge in [-0.1, -0.05) is 47.5 Å². The summed E-state index contributed by atoms with van der Waals surface area (Å²) in [6.45, 7) is 12.2. The van der Waals surface area contributed by atoms with Gasteiger partial charge in [0, 0.05) is 28.8 Å². The first-order valence-corrected chi connectivity index (χ1v) is 8.43. The Kier molecular flexibility index (Phi) is 4.67. The number of aromatic nitrogens is 1. The maximum absolute atomic E-state index is 5.02. The van der Waals surface area contributed by atoms with Gasteiger partial charge < -0.3 is 5.32 Å².